The number of benzene rings is 2. The molecule has 1 heterocycles. The molecule has 0 saturated carbocycles. The molecular weight excluding hydrogens is 434 g/mol. The van der Waals surface area contributed by atoms with Crippen LogP contribution < -0.4 is 4.80 Å². The summed E-state index contributed by atoms with van der Waals surface area (Å²) >= 11 is 8.76. The molecule has 0 saturated heterocycles. The minimum atomic E-state index is -0.437. The highest BCUT2D eigenvalue weighted by atomic mass is 35.5. The average Bonchev–Trinajstić information content (AvgIpc) is 3.03. The van der Waals surface area contributed by atoms with Crippen LogP contribution in [0, 0.1) is 10.1 Å². The Morgan fingerprint density at radius 2 is 2.07 bits per heavy atom. The predicted octanol–water partition coefficient (Wildman–Crippen LogP) is 4.52. The fourth-order valence-corrected chi connectivity index (χ4v) is 4.63. The Kier molecular flexibility index (Phi) is 7.43. The summed E-state index contributed by atoms with van der Waals surface area (Å²) in [4.78, 5) is 28.8. The van der Waals surface area contributed by atoms with E-state index in [2.05, 4.69) is 4.99 Å². The highest BCUT2D eigenvalue weighted by Crippen LogP contribution is 2.23. The molecule has 2 aromatic carbocycles. The predicted molar refractivity (Wildman–Crippen MR) is 116 cm³/mol. The largest absolute Gasteiger partial charge is 0.383 e. The van der Waals surface area contributed by atoms with Crippen molar-refractivity contribution in [3.05, 3.63) is 62.4 Å². The van der Waals surface area contributed by atoms with Crippen molar-refractivity contribution in [2.75, 3.05) is 19.5 Å². The lowest BCUT2D eigenvalue weighted by atomic mass is 10.3. The van der Waals surface area contributed by atoms with Crippen LogP contribution in [-0.4, -0.2) is 34.9 Å². The van der Waals surface area contributed by atoms with Gasteiger partial charge in [0.05, 0.1) is 21.7 Å². The summed E-state index contributed by atoms with van der Waals surface area (Å²) in [6.45, 7) is 0.853. The van der Waals surface area contributed by atoms with Crippen molar-refractivity contribution in [2.45, 2.75) is 17.9 Å². The average molecular weight is 452 g/mol. The number of ether oxygens (including phenoxy) is 1. The molecule has 7 nitrogen and oxygen atoms in total. The number of non-ortho nitro benzene ring substituents is 1. The molecular formula is C19H18ClN3O4S2. The molecule has 0 atom stereocenters. The molecule has 0 spiro atoms. The monoisotopic (exact) mass is 451 g/mol. The van der Waals surface area contributed by atoms with Crippen LogP contribution in [0.1, 0.15) is 6.42 Å². The zero-order valence-electron chi connectivity index (χ0n) is 15.5. The minimum absolute atomic E-state index is 0.00120. The smallest absolute Gasteiger partial charge is 0.271 e. The maximum absolute atomic E-state index is 12.4. The molecule has 0 aliphatic rings. The number of rotatable bonds is 8. The van der Waals surface area contributed by atoms with Crippen molar-refractivity contribution in [1.29, 1.82) is 0 Å². The summed E-state index contributed by atoms with van der Waals surface area (Å²) < 4.78 is 7.75. The number of amides is 1. The first-order chi connectivity index (χ1) is 14.0. The third-order valence-electron chi connectivity index (χ3n) is 4.01. The van der Waals surface area contributed by atoms with Crippen LogP contribution in [0.4, 0.5) is 5.69 Å². The van der Waals surface area contributed by atoms with Crippen LogP contribution in [0.3, 0.4) is 0 Å². The second kappa shape index (κ2) is 10.0. The molecule has 152 valence electrons. The fourth-order valence-electron chi connectivity index (χ4n) is 2.60. The molecule has 0 unspecified atom stereocenters. The van der Waals surface area contributed by atoms with Gasteiger partial charge in [-0.3, -0.25) is 14.9 Å². The summed E-state index contributed by atoms with van der Waals surface area (Å²) in [6, 6.07) is 12.1. The topological polar surface area (TPSA) is 86.7 Å². The summed E-state index contributed by atoms with van der Waals surface area (Å²) in [5.74, 6) is 0.358. The Morgan fingerprint density at radius 3 is 2.76 bits per heavy atom. The summed E-state index contributed by atoms with van der Waals surface area (Å²) in [5.41, 5.74) is 0.669. The van der Waals surface area contributed by atoms with Crippen LogP contribution in [0.15, 0.2) is 52.4 Å². The van der Waals surface area contributed by atoms with Gasteiger partial charge in [-0.25, -0.2) is 0 Å². The maximum atomic E-state index is 12.4. The molecule has 0 bridgehead atoms. The molecule has 10 heteroatoms. The van der Waals surface area contributed by atoms with Crippen LogP contribution in [0.25, 0.3) is 10.2 Å². The van der Waals surface area contributed by atoms with Crippen molar-refractivity contribution < 1.29 is 14.5 Å². The van der Waals surface area contributed by atoms with E-state index < -0.39 is 4.92 Å². The Hall–Kier alpha value is -2.20. The number of carbonyl (C=O) groups excluding carboxylic acids is 1. The zero-order chi connectivity index (χ0) is 20.8. The Balaban J connectivity index is 1.80. The first-order valence-corrected chi connectivity index (χ1v) is 10.9. The number of aromatic nitrogens is 1. The van der Waals surface area contributed by atoms with Crippen LogP contribution >= 0.6 is 34.7 Å². The Labute approximate surface area is 180 Å². The molecule has 3 aromatic rings. The quantitative estimate of drug-likeness (QED) is 0.285. The van der Waals surface area contributed by atoms with Gasteiger partial charge in [0, 0.05) is 47.9 Å². The first kappa shape index (κ1) is 21.5. The van der Waals surface area contributed by atoms with Gasteiger partial charge in [-0.15, -0.1) is 11.8 Å². The number of thiazole rings is 1. The number of methoxy groups -OCH3 is 1. The third kappa shape index (κ3) is 5.66. The van der Waals surface area contributed by atoms with Gasteiger partial charge in [0.15, 0.2) is 4.80 Å². The number of nitro groups is 1. The van der Waals surface area contributed by atoms with Crippen molar-refractivity contribution >= 4 is 56.5 Å². The fraction of sp³-hybridized carbons (Fsp3) is 0.263. The van der Waals surface area contributed by atoms with E-state index >= 15 is 0 Å². The number of hydrogen-bond acceptors (Lipinski definition) is 6. The second-order valence-electron chi connectivity index (χ2n) is 6.00. The lowest BCUT2D eigenvalue weighted by Crippen LogP contribution is -2.19. The normalized spacial score (nSPS) is 11.9. The zero-order valence-corrected chi connectivity index (χ0v) is 17.9. The second-order valence-corrected chi connectivity index (χ2v) is 8.61. The number of fused-ring (bicyclic) bond motifs is 1. The maximum Gasteiger partial charge on any atom is 0.271 e. The Morgan fingerprint density at radius 1 is 1.31 bits per heavy atom. The highest BCUT2D eigenvalue weighted by molar-refractivity contribution is 7.99. The lowest BCUT2D eigenvalue weighted by molar-refractivity contribution is -0.384. The van der Waals surface area contributed by atoms with E-state index in [1.165, 1.54) is 23.5 Å². The molecule has 0 aliphatic carbocycles. The van der Waals surface area contributed by atoms with Gasteiger partial charge >= 0.3 is 0 Å². The van der Waals surface area contributed by atoms with Gasteiger partial charge in [-0.1, -0.05) is 22.9 Å². The number of hydrogen-bond donors (Lipinski definition) is 0. The standard InChI is InChI=1S/C19H18ClN3O4S2/c1-27-10-9-22-16-12-14(23(25)26)4-7-17(16)29-19(22)21-18(24)8-11-28-15-5-2-13(20)3-6-15/h2-7,12H,8-11H2,1H3. The van der Waals surface area contributed by atoms with Crippen molar-refractivity contribution in [3.63, 3.8) is 0 Å². The van der Waals surface area contributed by atoms with Gasteiger partial charge in [0.2, 0.25) is 5.91 Å². The molecule has 0 fully saturated rings. The molecule has 0 N–H and O–H groups in total. The van der Waals surface area contributed by atoms with E-state index in [-0.39, 0.29) is 18.0 Å². The van der Waals surface area contributed by atoms with E-state index in [9.17, 15) is 14.9 Å². The van der Waals surface area contributed by atoms with Crippen molar-refractivity contribution in [2.24, 2.45) is 4.99 Å². The molecule has 1 amide bonds. The van der Waals surface area contributed by atoms with E-state index in [0.29, 0.717) is 34.2 Å². The highest BCUT2D eigenvalue weighted by Gasteiger charge is 2.13. The Bertz CT molecular complexity index is 1090. The summed E-state index contributed by atoms with van der Waals surface area (Å²) in [7, 11) is 1.58. The van der Waals surface area contributed by atoms with Crippen molar-refractivity contribution in [3.8, 4) is 0 Å². The number of thioether (sulfide) groups is 1. The third-order valence-corrected chi connectivity index (χ3v) is 6.34. The lowest BCUT2D eigenvalue weighted by Gasteiger charge is -2.04. The molecule has 0 radical (unpaired) electrons. The van der Waals surface area contributed by atoms with Gasteiger partial charge in [-0.05, 0) is 30.3 Å². The minimum Gasteiger partial charge on any atom is -0.383 e. The summed E-state index contributed by atoms with van der Waals surface area (Å²) in [5, 5.41) is 11.8. The van der Waals surface area contributed by atoms with Gasteiger partial charge in [0.1, 0.15) is 0 Å². The number of carbonyl (C=O) groups is 1. The SMILES string of the molecule is COCCn1c(=NC(=O)CCSc2ccc(Cl)cc2)sc2ccc([N+](=O)[O-])cc21. The van der Waals surface area contributed by atoms with Gasteiger partial charge in [0.25, 0.3) is 5.69 Å². The molecule has 0 aliphatic heterocycles. The number of halogens is 1. The first-order valence-electron chi connectivity index (χ1n) is 8.70. The van der Waals surface area contributed by atoms with Crippen LogP contribution in [-0.2, 0) is 16.1 Å². The van der Waals surface area contributed by atoms with Crippen molar-refractivity contribution in [1.82, 2.24) is 4.57 Å². The van der Waals surface area contributed by atoms with Gasteiger partial charge in [-0.2, -0.15) is 4.99 Å². The molecule has 29 heavy (non-hydrogen) atoms. The number of nitro benzene ring substituents is 1. The molecule has 1 aromatic heterocycles. The summed E-state index contributed by atoms with van der Waals surface area (Å²) in [6.07, 6.45) is 0.284. The van der Waals surface area contributed by atoms with E-state index in [4.69, 9.17) is 16.3 Å². The van der Waals surface area contributed by atoms with Crippen LogP contribution in [0.5, 0.6) is 0 Å². The van der Waals surface area contributed by atoms with E-state index in [1.807, 2.05) is 24.3 Å². The number of nitrogens with zero attached hydrogens (tertiary/aromatic N) is 3. The molecule has 3 rings (SSSR count). The van der Waals surface area contributed by atoms with Crippen LogP contribution in [0.2, 0.25) is 5.02 Å². The van der Waals surface area contributed by atoms with Gasteiger partial charge < -0.3 is 9.30 Å². The van der Waals surface area contributed by atoms with E-state index in [0.717, 1.165) is 9.60 Å². The van der Waals surface area contributed by atoms with E-state index in [1.54, 1.807) is 29.5 Å².